The highest BCUT2D eigenvalue weighted by Gasteiger charge is 2.15. The number of nitrogens with one attached hydrogen (secondary N) is 2. The van der Waals surface area contributed by atoms with E-state index in [0.29, 0.717) is 70.8 Å². The van der Waals surface area contributed by atoms with E-state index in [1.54, 1.807) is 0 Å². The van der Waals surface area contributed by atoms with Gasteiger partial charge in [0, 0.05) is 28.7 Å². The molecule has 3 rings (SSSR count). The number of fused-ring (bicyclic) bond motifs is 2. The molecule has 0 saturated carbocycles. The van der Waals surface area contributed by atoms with Gasteiger partial charge in [0.25, 0.3) is 0 Å². The highest BCUT2D eigenvalue weighted by molar-refractivity contribution is 5.97. The quantitative estimate of drug-likeness (QED) is 0.136. The first-order chi connectivity index (χ1) is 19.2. The summed E-state index contributed by atoms with van der Waals surface area (Å²) in [5.74, 6) is -0.137. The first-order valence-corrected chi connectivity index (χ1v) is 13.4. The Morgan fingerprint density at radius 2 is 1.35 bits per heavy atom. The molecule has 0 unspecified atom stereocenters. The summed E-state index contributed by atoms with van der Waals surface area (Å²) >= 11 is 0. The summed E-state index contributed by atoms with van der Waals surface area (Å²) < 4.78 is 26.9. The van der Waals surface area contributed by atoms with Crippen molar-refractivity contribution in [2.45, 2.75) is 32.8 Å². The summed E-state index contributed by atoms with van der Waals surface area (Å²) in [6.07, 6.45) is -0.229. The van der Waals surface area contributed by atoms with Gasteiger partial charge in [-0.1, -0.05) is 12.1 Å². The van der Waals surface area contributed by atoms with E-state index in [4.69, 9.17) is 29.4 Å². The topological polar surface area (TPSA) is 143 Å². The lowest BCUT2D eigenvalue weighted by atomic mass is 10.1. The van der Waals surface area contributed by atoms with Gasteiger partial charge in [0.2, 0.25) is 5.91 Å². The molecule has 0 fully saturated rings. The normalized spacial score (nSPS) is 11.6. The maximum atomic E-state index is 12.3. The van der Waals surface area contributed by atoms with E-state index in [-0.39, 0.29) is 12.3 Å². The molecule has 0 saturated heterocycles. The zero-order valence-electron chi connectivity index (χ0n) is 23.5. The second-order valence-corrected chi connectivity index (χ2v) is 10.0. The Kier molecular flexibility index (Phi) is 12.4. The van der Waals surface area contributed by atoms with Crippen LogP contribution in [0.1, 0.15) is 27.2 Å². The van der Waals surface area contributed by atoms with Crippen molar-refractivity contribution < 1.29 is 33.3 Å². The van der Waals surface area contributed by atoms with Crippen LogP contribution in [0, 0.1) is 0 Å². The van der Waals surface area contributed by atoms with Gasteiger partial charge in [0.1, 0.15) is 5.60 Å². The molecule has 218 valence electrons. The minimum atomic E-state index is -0.519. The Labute approximate surface area is 234 Å². The number of nitrogens with zero attached hydrogens (tertiary/aromatic N) is 1. The smallest absolute Gasteiger partial charge is 0.407 e. The molecule has 3 aromatic rings. The average molecular weight is 557 g/mol. The van der Waals surface area contributed by atoms with Gasteiger partial charge in [-0.25, -0.2) is 9.78 Å². The minimum Gasteiger partial charge on any atom is -0.444 e. The fourth-order valence-electron chi connectivity index (χ4n) is 3.61. The zero-order valence-corrected chi connectivity index (χ0v) is 23.5. The van der Waals surface area contributed by atoms with Crippen molar-refractivity contribution in [3.05, 3.63) is 42.5 Å². The number of carbonyl (C=O) groups is 2. The third-order valence-corrected chi connectivity index (χ3v) is 5.42. The largest absolute Gasteiger partial charge is 0.444 e. The summed E-state index contributed by atoms with van der Waals surface area (Å²) in [5, 5.41) is 7.51. The van der Waals surface area contributed by atoms with Crippen molar-refractivity contribution >= 4 is 45.2 Å². The molecule has 11 heteroatoms. The molecule has 0 aliphatic carbocycles. The van der Waals surface area contributed by atoms with E-state index in [1.165, 1.54) is 0 Å². The Balaban J connectivity index is 1.16. The monoisotopic (exact) mass is 556 g/mol. The van der Waals surface area contributed by atoms with Gasteiger partial charge < -0.3 is 40.1 Å². The van der Waals surface area contributed by atoms with Crippen LogP contribution in [0.15, 0.2) is 42.5 Å². The van der Waals surface area contributed by atoms with Crippen molar-refractivity contribution in [2.75, 3.05) is 70.5 Å². The SMILES string of the molecule is CC(C)(C)OC(=O)NCCOCCOCCOCCOCCC(=O)Nc1ccc2cc3ccc(N)cc3nc2c1. The van der Waals surface area contributed by atoms with Crippen LogP contribution in [0.4, 0.5) is 16.2 Å². The lowest BCUT2D eigenvalue weighted by Gasteiger charge is -2.19. The number of amides is 2. The molecule has 0 radical (unpaired) electrons. The molecular formula is C29H40N4O7. The van der Waals surface area contributed by atoms with Gasteiger partial charge in [-0.3, -0.25) is 4.79 Å². The standard InChI is InChI=1S/C29H40N4O7/c1-29(2,3)40-28(35)31-9-11-37-13-15-39-17-16-38-14-12-36-10-8-27(34)32-24-7-5-22-18-21-4-6-23(30)19-25(21)33-26(22)20-24/h4-7,18-20H,8-17,30H2,1-3H3,(H,31,35)(H,32,34). The summed E-state index contributed by atoms with van der Waals surface area (Å²) in [7, 11) is 0. The lowest BCUT2D eigenvalue weighted by molar-refractivity contribution is -0.117. The van der Waals surface area contributed by atoms with Crippen LogP contribution in [0.25, 0.3) is 21.8 Å². The Bertz CT molecular complexity index is 1250. The van der Waals surface area contributed by atoms with E-state index in [2.05, 4.69) is 21.7 Å². The number of alkyl carbamates (subject to hydrolysis) is 1. The average Bonchev–Trinajstić information content (AvgIpc) is 2.88. The predicted octanol–water partition coefficient (Wildman–Crippen LogP) is 3.89. The van der Waals surface area contributed by atoms with Crippen molar-refractivity contribution in [3.63, 3.8) is 0 Å². The second-order valence-electron chi connectivity index (χ2n) is 10.0. The van der Waals surface area contributed by atoms with E-state index in [0.717, 1.165) is 21.8 Å². The number of aromatic nitrogens is 1. The van der Waals surface area contributed by atoms with Gasteiger partial charge >= 0.3 is 6.09 Å². The fraction of sp³-hybridized carbons (Fsp3) is 0.483. The van der Waals surface area contributed by atoms with Crippen LogP contribution < -0.4 is 16.4 Å². The van der Waals surface area contributed by atoms with Gasteiger partial charge in [0.05, 0.1) is 70.3 Å². The number of hydrogen-bond acceptors (Lipinski definition) is 9. The maximum Gasteiger partial charge on any atom is 0.407 e. The van der Waals surface area contributed by atoms with Crippen LogP contribution >= 0.6 is 0 Å². The van der Waals surface area contributed by atoms with Crippen LogP contribution in [0.2, 0.25) is 0 Å². The highest BCUT2D eigenvalue weighted by Crippen LogP contribution is 2.24. The van der Waals surface area contributed by atoms with Crippen LogP contribution in [0.5, 0.6) is 0 Å². The summed E-state index contributed by atoms with van der Waals surface area (Å²) in [6.45, 7) is 8.98. The molecule has 4 N–H and O–H groups in total. The molecule has 1 aromatic heterocycles. The number of nitrogen functional groups attached to an aromatic ring is 1. The first kappa shape index (κ1) is 31.0. The van der Waals surface area contributed by atoms with Crippen LogP contribution in [-0.2, 0) is 28.5 Å². The molecule has 0 aliphatic rings. The number of hydrogen-bond donors (Lipinski definition) is 3. The molecule has 0 bridgehead atoms. The highest BCUT2D eigenvalue weighted by atomic mass is 16.6. The van der Waals surface area contributed by atoms with Gasteiger partial charge in [0.15, 0.2) is 0 Å². The zero-order chi connectivity index (χ0) is 28.8. The third kappa shape index (κ3) is 11.7. The maximum absolute atomic E-state index is 12.3. The number of anilines is 2. The van der Waals surface area contributed by atoms with E-state index < -0.39 is 11.7 Å². The van der Waals surface area contributed by atoms with Gasteiger partial charge in [-0.05, 0) is 51.1 Å². The van der Waals surface area contributed by atoms with E-state index in [1.807, 2.05) is 57.2 Å². The number of carbonyl (C=O) groups excluding carboxylic acids is 2. The minimum absolute atomic E-state index is 0.137. The van der Waals surface area contributed by atoms with E-state index in [9.17, 15) is 9.59 Å². The van der Waals surface area contributed by atoms with Crippen LogP contribution in [0.3, 0.4) is 0 Å². The summed E-state index contributed by atoms with van der Waals surface area (Å²) in [5.41, 5.74) is 8.29. The van der Waals surface area contributed by atoms with E-state index >= 15 is 0 Å². The molecule has 2 aromatic carbocycles. The number of pyridine rings is 1. The molecular weight excluding hydrogens is 516 g/mol. The molecule has 40 heavy (non-hydrogen) atoms. The summed E-state index contributed by atoms with van der Waals surface area (Å²) in [4.78, 5) is 28.4. The van der Waals surface area contributed by atoms with Gasteiger partial charge in [-0.15, -0.1) is 0 Å². The number of rotatable bonds is 16. The van der Waals surface area contributed by atoms with Crippen molar-refractivity contribution in [1.82, 2.24) is 10.3 Å². The Morgan fingerprint density at radius 3 is 2.00 bits per heavy atom. The fourth-order valence-corrected chi connectivity index (χ4v) is 3.61. The van der Waals surface area contributed by atoms with Crippen molar-refractivity contribution in [3.8, 4) is 0 Å². The predicted molar refractivity (Wildman–Crippen MR) is 154 cm³/mol. The molecule has 0 aliphatic heterocycles. The Morgan fingerprint density at radius 1 is 0.775 bits per heavy atom. The summed E-state index contributed by atoms with van der Waals surface area (Å²) in [6, 6.07) is 13.3. The number of ether oxygens (including phenoxy) is 5. The second kappa shape index (κ2) is 15.9. The molecule has 0 atom stereocenters. The van der Waals surface area contributed by atoms with Gasteiger partial charge in [-0.2, -0.15) is 0 Å². The van der Waals surface area contributed by atoms with Crippen molar-refractivity contribution in [2.24, 2.45) is 0 Å². The first-order valence-electron chi connectivity index (χ1n) is 13.4. The number of benzene rings is 2. The molecule has 0 spiro atoms. The van der Waals surface area contributed by atoms with Crippen molar-refractivity contribution in [1.29, 1.82) is 0 Å². The molecule has 2 amide bonds. The van der Waals surface area contributed by atoms with Crippen LogP contribution in [-0.4, -0.2) is 82.0 Å². The Hall–Kier alpha value is -3.51. The molecule has 11 nitrogen and oxygen atoms in total. The number of nitrogens with two attached hydrogens (primary N) is 1. The molecule has 1 heterocycles. The third-order valence-electron chi connectivity index (χ3n) is 5.42. The lowest BCUT2D eigenvalue weighted by Crippen LogP contribution is -2.34.